The number of hydrogen-bond acceptors (Lipinski definition) is 2. The number of fused-ring (bicyclic) bond motifs is 18. The van der Waals surface area contributed by atoms with Crippen LogP contribution < -0.4 is 26.2 Å². The van der Waals surface area contributed by atoms with E-state index in [-0.39, 0.29) is 17.5 Å². The van der Waals surface area contributed by atoms with Gasteiger partial charge in [-0.05, 0) is 163 Å². The average molecular weight is 886 g/mol. The number of benzene rings is 11. The fourth-order valence-corrected chi connectivity index (χ4v) is 12.5. The molecule has 0 bridgehead atoms. The van der Waals surface area contributed by atoms with Crippen molar-refractivity contribution in [2.45, 2.75) is 52.4 Å². The molecule has 0 unspecified atom stereocenters. The van der Waals surface area contributed by atoms with Crippen LogP contribution in [0.3, 0.4) is 0 Å². The van der Waals surface area contributed by atoms with Crippen LogP contribution in [0.5, 0.6) is 0 Å². The van der Waals surface area contributed by atoms with Gasteiger partial charge in [0.15, 0.2) is 0 Å². The fourth-order valence-electron chi connectivity index (χ4n) is 12.5. The number of aryl methyl sites for hydroxylation is 1. The minimum Gasteiger partial charge on any atom is -0.330 e. The Hall–Kier alpha value is -7.82. The zero-order valence-electron chi connectivity index (χ0n) is 40.3. The molecule has 2 aliphatic heterocycles. The highest BCUT2D eigenvalue weighted by molar-refractivity contribution is 7.01. The van der Waals surface area contributed by atoms with Gasteiger partial charge >= 0.3 is 0 Å². The molecule has 0 saturated heterocycles. The van der Waals surface area contributed by atoms with Gasteiger partial charge in [0, 0.05) is 41.0 Å². The third kappa shape index (κ3) is 5.63. The molecule has 0 spiro atoms. The number of hydrogen-bond donors (Lipinski definition) is 0. The second-order valence-corrected chi connectivity index (χ2v) is 21.8. The smallest absolute Gasteiger partial charge is 0.255 e. The highest BCUT2D eigenvalue weighted by Gasteiger charge is 2.46. The predicted octanol–water partition coefficient (Wildman–Crippen LogP) is 15.8. The second kappa shape index (κ2) is 14.1. The van der Waals surface area contributed by atoms with Crippen LogP contribution in [-0.2, 0) is 17.9 Å². The van der Waals surface area contributed by atoms with Crippen LogP contribution in [0.1, 0.15) is 52.7 Å². The largest absolute Gasteiger partial charge is 0.330 e. The Kier molecular flexibility index (Phi) is 8.24. The monoisotopic (exact) mass is 885 g/mol. The molecule has 330 valence electrons. The zero-order chi connectivity index (χ0) is 46.7. The molecule has 2 aliphatic rings. The summed E-state index contributed by atoms with van der Waals surface area (Å²) in [7, 11) is 2.29. The first-order valence-corrected chi connectivity index (χ1v) is 24.6. The van der Waals surface area contributed by atoms with Gasteiger partial charge in [0.2, 0.25) is 0 Å². The van der Waals surface area contributed by atoms with Crippen LogP contribution in [0, 0.1) is 0 Å². The number of aromatic nitrogens is 1. The lowest BCUT2D eigenvalue weighted by molar-refractivity contribution is 0.590. The lowest BCUT2D eigenvalue weighted by Crippen LogP contribution is -2.61. The predicted molar refractivity (Wildman–Crippen MR) is 299 cm³/mol. The summed E-state index contributed by atoms with van der Waals surface area (Å²) < 4.78 is 2.48. The quantitative estimate of drug-likeness (QED) is 0.127. The van der Waals surface area contributed by atoms with Crippen LogP contribution in [0.4, 0.5) is 34.3 Å². The van der Waals surface area contributed by atoms with E-state index in [4.69, 9.17) is 0 Å². The first-order chi connectivity index (χ1) is 33.4. The third-order valence-electron chi connectivity index (χ3n) is 15.8. The summed E-state index contributed by atoms with van der Waals surface area (Å²) in [5.41, 5.74) is 13.9. The maximum atomic E-state index is 2.60. The van der Waals surface area contributed by atoms with Crippen LogP contribution in [0.25, 0.3) is 75.5 Å². The van der Waals surface area contributed by atoms with E-state index in [1.165, 1.54) is 126 Å². The van der Waals surface area contributed by atoms with E-state index < -0.39 is 0 Å². The molecule has 0 aliphatic carbocycles. The maximum Gasteiger partial charge on any atom is 0.255 e. The molecule has 0 N–H and O–H groups in total. The van der Waals surface area contributed by atoms with Crippen molar-refractivity contribution in [1.29, 1.82) is 0 Å². The Bertz CT molecular complexity index is 4130. The molecule has 1 aromatic heterocycles. The van der Waals surface area contributed by atoms with E-state index in [1.807, 2.05) is 0 Å². The SMILES string of the molecule is Cn1c2c(c3cc(C(C)(C)C)ccc31)B1c3cc(C(C)(C)C)ccc3N(c3ccc4c5ccccc5c5ccccc5c4c3)c3cccc(c31)N2c1ccc2c3ccccc3c3ccccc3c2c1. The minimum absolute atomic E-state index is 0.0228. The van der Waals surface area contributed by atoms with Crippen molar-refractivity contribution in [1.82, 2.24) is 4.57 Å². The first kappa shape index (κ1) is 40.3. The van der Waals surface area contributed by atoms with Gasteiger partial charge in [0.25, 0.3) is 6.71 Å². The summed E-state index contributed by atoms with van der Waals surface area (Å²) in [6.07, 6.45) is 0. The van der Waals surface area contributed by atoms with Crippen molar-refractivity contribution >= 4 is 133 Å². The molecule has 0 saturated carbocycles. The molecule has 69 heavy (non-hydrogen) atoms. The number of anilines is 6. The van der Waals surface area contributed by atoms with Crippen molar-refractivity contribution < 1.29 is 0 Å². The molecule has 0 amide bonds. The third-order valence-corrected chi connectivity index (χ3v) is 15.8. The Morgan fingerprint density at radius 1 is 0.333 bits per heavy atom. The van der Waals surface area contributed by atoms with Gasteiger partial charge in [-0.1, -0.05) is 175 Å². The van der Waals surface area contributed by atoms with Gasteiger partial charge < -0.3 is 9.47 Å². The molecule has 0 atom stereocenters. The van der Waals surface area contributed by atoms with Crippen LogP contribution >= 0.6 is 0 Å². The summed E-state index contributed by atoms with van der Waals surface area (Å²) in [6.45, 7) is 14.0. The van der Waals surface area contributed by atoms with Gasteiger partial charge in [0.05, 0.1) is 0 Å². The van der Waals surface area contributed by atoms with Crippen LogP contribution in [-0.4, -0.2) is 11.3 Å². The Morgan fingerprint density at radius 2 is 0.754 bits per heavy atom. The summed E-state index contributed by atoms with van der Waals surface area (Å²) in [5.74, 6) is 1.22. The normalized spacial score (nSPS) is 13.6. The van der Waals surface area contributed by atoms with Gasteiger partial charge in [-0.15, -0.1) is 0 Å². The molecule has 14 rings (SSSR count). The van der Waals surface area contributed by atoms with Gasteiger partial charge in [-0.25, -0.2) is 0 Å². The molecule has 0 radical (unpaired) electrons. The van der Waals surface area contributed by atoms with Crippen LogP contribution in [0.2, 0.25) is 0 Å². The summed E-state index contributed by atoms with van der Waals surface area (Å²) in [5, 5.41) is 16.7. The molecular weight excluding hydrogens is 834 g/mol. The number of nitrogens with zero attached hydrogens (tertiary/aromatic N) is 3. The van der Waals surface area contributed by atoms with Gasteiger partial charge in [0.1, 0.15) is 5.82 Å². The lowest BCUT2D eigenvalue weighted by atomic mass is 9.33. The van der Waals surface area contributed by atoms with Gasteiger partial charge in [-0.3, -0.25) is 4.90 Å². The maximum absolute atomic E-state index is 2.60. The minimum atomic E-state index is -0.0533. The molecule has 12 aromatic rings. The van der Waals surface area contributed by atoms with E-state index >= 15 is 0 Å². The first-order valence-electron chi connectivity index (χ1n) is 24.6. The Balaban J connectivity index is 1.10. The van der Waals surface area contributed by atoms with Crippen molar-refractivity contribution in [2.24, 2.45) is 7.05 Å². The summed E-state index contributed by atoms with van der Waals surface area (Å²) in [4.78, 5) is 5.18. The average Bonchev–Trinajstić information content (AvgIpc) is 3.66. The Morgan fingerprint density at radius 3 is 1.25 bits per heavy atom. The van der Waals surface area contributed by atoms with E-state index in [9.17, 15) is 0 Å². The molecule has 3 nitrogen and oxygen atoms in total. The van der Waals surface area contributed by atoms with Gasteiger partial charge in [-0.2, -0.15) is 0 Å². The standard InChI is InChI=1S/C65H52BN3/c1-64(2,3)39-27-33-57-55(35-39)61-63(67(57)7)69(42-30-32-52-48-22-11-9-18-44(48)46-20-13-15-24-50(46)54(52)38-42)60-26-16-25-59-62(60)66(61)56-36-40(65(4,5)6)28-34-58(56)68(59)41-29-31-51-47-21-10-8-17-43(47)45-19-12-14-23-49(45)53(51)37-41/h8-38H,1-7H3. The molecule has 3 heterocycles. The molecule has 4 heteroatoms. The Labute approximate surface area is 403 Å². The van der Waals surface area contributed by atoms with Crippen LogP contribution in [0.15, 0.2) is 188 Å². The molecule has 11 aromatic carbocycles. The lowest BCUT2D eigenvalue weighted by Gasteiger charge is -2.44. The molecule has 0 fully saturated rings. The van der Waals surface area contributed by atoms with E-state index in [0.29, 0.717) is 0 Å². The molecular formula is C65H52BN3. The topological polar surface area (TPSA) is 11.4 Å². The fraction of sp³-hybridized carbons (Fsp3) is 0.138. The zero-order valence-corrected chi connectivity index (χ0v) is 40.3. The van der Waals surface area contributed by atoms with E-state index in [0.717, 1.165) is 11.4 Å². The van der Waals surface area contributed by atoms with Crippen molar-refractivity contribution in [3.8, 4) is 0 Å². The van der Waals surface area contributed by atoms with Crippen molar-refractivity contribution in [3.63, 3.8) is 0 Å². The second-order valence-electron chi connectivity index (χ2n) is 21.8. The highest BCUT2D eigenvalue weighted by Crippen LogP contribution is 2.49. The summed E-state index contributed by atoms with van der Waals surface area (Å²) >= 11 is 0. The van der Waals surface area contributed by atoms with E-state index in [1.54, 1.807) is 0 Å². The van der Waals surface area contributed by atoms with Crippen molar-refractivity contribution in [3.05, 3.63) is 199 Å². The number of rotatable bonds is 2. The van der Waals surface area contributed by atoms with E-state index in [2.05, 4.69) is 251 Å². The summed E-state index contributed by atoms with van der Waals surface area (Å²) in [6, 6.07) is 71.7. The highest BCUT2D eigenvalue weighted by atomic mass is 15.3. The van der Waals surface area contributed by atoms with Crippen molar-refractivity contribution in [2.75, 3.05) is 9.80 Å².